The number of hydrogen-bond acceptors (Lipinski definition) is 5. The fourth-order valence-electron chi connectivity index (χ4n) is 2.23. The van der Waals surface area contributed by atoms with Crippen molar-refractivity contribution in [2.24, 2.45) is 0 Å². The second-order valence-electron chi connectivity index (χ2n) is 6.68. The van der Waals surface area contributed by atoms with Gasteiger partial charge in [0, 0.05) is 17.7 Å². The van der Waals surface area contributed by atoms with E-state index in [1.807, 2.05) is 0 Å². The number of carbonyl (C=O) groups excluding carboxylic acids is 4. The third-order valence-corrected chi connectivity index (χ3v) is 3.31. The van der Waals surface area contributed by atoms with Crippen LogP contribution in [-0.4, -0.2) is 35.5 Å². The summed E-state index contributed by atoms with van der Waals surface area (Å²) in [5.74, 6) is -1.34. The molecule has 1 heterocycles. The number of rotatable bonds is 3. The standard InChI is InChI=1S/C17H21N3O5/c1-17(2,3)25-16(24)18-11-6-4-5-10(9-11)14(22)19-12-7-8-13(21)20-15(12)23/h4-6,9,12H,7-8H2,1-3H3,(H,18,24)(H,19,22)(H,20,21,23). The summed E-state index contributed by atoms with van der Waals surface area (Å²) in [5, 5.41) is 7.30. The number of ether oxygens (including phenoxy) is 1. The van der Waals surface area contributed by atoms with Gasteiger partial charge in [0.05, 0.1) is 0 Å². The normalized spacial score (nSPS) is 17.5. The van der Waals surface area contributed by atoms with Crippen LogP contribution in [0.1, 0.15) is 44.0 Å². The zero-order valence-electron chi connectivity index (χ0n) is 14.3. The third kappa shape index (κ3) is 5.59. The van der Waals surface area contributed by atoms with Gasteiger partial charge in [-0.05, 0) is 45.4 Å². The summed E-state index contributed by atoms with van der Waals surface area (Å²) in [6.45, 7) is 5.24. The predicted octanol–water partition coefficient (Wildman–Crippen LogP) is 1.57. The first-order valence-corrected chi connectivity index (χ1v) is 7.89. The van der Waals surface area contributed by atoms with Gasteiger partial charge in [0.2, 0.25) is 11.8 Å². The molecule has 3 N–H and O–H groups in total. The fraction of sp³-hybridized carbons (Fsp3) is 0.412. The van der Waals surface area contributed by atoms with Crippen molar-refractivity contribution >= 4 is 29.5 Å². The van der Waals surface area contributed by atoms with E-state index in [0.717, 1.165) is 0 Å². The molecule has 1 aromatic carbocycles. The number of benzene rings is 1. The molecule has 1 aromatic rings. The molecule has 8 heteroatoms. The lowest BCUT2D eigenvalue weighted by molar-refractivity contribution is -0.134. The smallest absolute Gasteiger partial charge is 0.412 e. The van der Waals surface area contributed by atoms with Crippen LogP contribution in [0.5, 0.6) is 0 Å². The Morgan fingerprint density at radius 1 is 1.24 bits per heavy atom. The van der Waals surface area contributed by atoms with Gasteiger partial charge in [0.1, 0.15) is 11.6 Å². The van der Waals surface area contributed by atoms with Crippen LogP contribution in [0.15, 0.2) is 24.3 Å². The molecule has 0 radical (unpaired) electrons. The number of piperidine rings is 1. The van der Waals surface area contributed by atoms with Crippen molar-refractivity contribution in [3.63, 3.8) is 0 Å². The summed E-state index contributed by atoms with van der Waals surface area (Å²) >= 11 is 0. The lowest BCUT2D eigenvalue weighted by atomic mass is 10.1. The van der Waals surface area contributed by atoms with E-state index in [1.165, 1.54) is 6.07 Å². The number of anilines is 1. The van der Waals surface area contributed by atoms with Crippen molar-refractivity contribution in [1.29, 1.82) is 0 Å². The molecular weight excluding hydrogens is 326 g/mol. The minimum atomic E-state index is -0.757. The molecule has 0 aromatic heterocycles. The average Bonchev–Trinajstić information content (AvgIpc) is 2.48. The fourth-order valence-corrected chi connectivity index (χ4v) is 2.23. The number of nitrogens with one attached hydrogen (secondary N) is 3. The van der Waals surface area contributed by atoms with Gasteiger partial charge in [-0.15, -0.1) is 0 Å². The largest absolute Gasteiger partial charge is 0.444 e. The van der Waals surface area contributed by atoms with E-state index in [-0.39, 0.29) is 24.3 Å². The molecule has 1 saturated heterocycles. The van der Waals surface area contributed by atoms with E-state index < -0.39 is 29.6 Å². The molecule has 0 aliphatic carbocycles. The lowest BCUT2D eigenvalue weighted by Crippen LogP contribution is -2.52. The van der Waals surface area contributed by atoms with Crippen LogP contribution in [0, 0.1) is 0 Å². The minimum Gasteiger partial charge on any atom is -0.444 e. The molecule has 0 spiro atoms. The first-order valence-electron chi connectivity index (χ1n) is 7.89. The Kier molecular flexibility index (Phi) is 5.41. The maximum Gasteiger partial charge on any atom is 0.412 e. The topological polar surface area (TPSA) is 114 Å². The number of carbonyl (C=O) groups is 4. The molecule has 1 aliphatic heterocycles. The third-order valence-electron chi connectivity index (χ3n) is 3.31. The summed E-state index contributed by atoms with van der Waals surface area (Å²) in [6.07, 6.45) is -0.196. The quantitative estimate of drug-likeness (QED) is 0.718. The van der Waals surface area contributed by atoms with E-state index in [4.69, 9.17) is 4.74 Å². The van der Waals surface area contributed by atoms with E-state index in [9.17, 15) is 19.2 Å². The molecule has 2 rings (SSSR count). The highest BCUT2D eigenvalue weighted by Crippen LogP contribution is 2.14. The highest BCUT2D eigenvalue weighted by molar-refractivity contribution is 6.04. The predicted molar refractivity (Wildman–Crippen MR) is 89.9 cm³/mol. The van der Waals surface area contributed by atoms with E-state index in [2.05, 4.69) is 16.0 Å². The van der Waals surface area contributed by atoms with Crippen molar-refractivity contribution in [2.75, 3.05) is 5.32 Å². The molecule has 1 fully saturated rings. The highest BCUT2D eigenvalue weighted by atomic mass is 16.6. The maximum atomic E-state index is 12.3. The molecular formula is C17H21N3O5. The van der Waals surface area contributed by atoms with Gasteiger partial charge in [-0.1, -0.05) is 6.07 Å². The Balaban J connectivity index is 2.00. The van der Waals surface area contributed by atoms with Crippen molar-refractivity contribution in [2.45, 2.75) is 45.3 Å². The Morgan fingerprint density at radius 3 is 2.60 bits per heavy atom. The van der Waals surface area contributed by atoms with Crippen LogP contribution < -0.4 is 16.0 Å². The van der Waals surface area contributed by atoms with Gasteiger partial charge in [-0.3, -0.25) is 25.0 Å². The van der Waals surface area contributed by atoms with Crippen LogP contribution in [0.2, 0.25) is 0 Å². The summed E-state index contributed by atoms with van der Waals surface area (Å²) < 4.78 is 5.15. The van der Waals surface area contributed by atoms with Crippen LogP contribution in [-0.2, 0) is 14.3 Å². The number of hydrogen-bond donors (Lipinski definition) is 3. The molecule has 25 heavy (non-hydrogen) atoms. The van der Waals surface area contributed by atoms with Crippen LogP contribution >= 0.6 is 0 Å². The van der Waals surface area contributed by atoms with Gasteiger partial charge in [0.25, 0.3) is 5.91 Å². The first kappa shape index (κ1) is 18.4. The SMILES string of the molecule is CC(C)(C)OC(=O)Nc1cccc(C(=O)NC2CCC(=O)NC2=O)c1. The van der Waals surface area contributed by atoms with Crippen molar-refractivity contribution < 1.29 is 23.9 Å². The molecule has 1 atom stereocenters. The minimum absolute atomic E-state index is 0.178. The van der Waals surface area contributed by atoms with Crippen LogP contribution in [0.4, 0.5) is 10.5 Å². The summed E-state index contributed by atoms with van der Waals surface area (Å²) in [7, 11) is 0. The molecule has 1 aliphatic rings. The summed E-state index contributed by atoms with van der Waals surface area (Å²) in [5.41, 5.74) is 0.0358. The monoisotopic (exact) mass is 347 g/mol. The molecule has 8 nitrogen and oxygen atoms in total. The van der Waals surface area contributed by atoms with E-state index >= 15 is 0 Å². The molecule has 0 saturated carbocycles. The molecule has 0 bridgehead atoms. The van der Waals surface area contributed by atoms with Crippen molar-refractivity contribution in [1.82, 2.24) is 10.6 Å². The van der Waals surface area contributed by atoms with Crippen LogP contribution in [0.3, 0.4) is 0 Å². The average molecular weight is 347 g/mol. The zero-order valence-corrected chi connectivity index (χ0v) is 14.3. The Bertz CT molecular complexity index is 708. The second kappa shape index (κ2) is 7.33. The molecule has 1 unspecified atom stereocenters. The van der Waals surface area contributed by atoms with Crippen LogP contribution in [0.25, 0.3) is 0 Å². The zero-order chi connectivity index (χ0) is 18.6. The number of amides is 4. The summed E-state index contributed by atoms with van der Waals surface area (Å²) in [4.78, 5) is 46.9. The number of imide groups is 1. The maximum absolute atomic E-state index is 12.3. The lowest BCUT2D eigenvalue weighted by Gasteiger charge is -2.22. The van der Waals surface area contributed by atoms with E-state index in [0.29, 0.717) is 5.69 Å². The van der Waals surface area contributed by atoms with Gasteiger partial charge in [-0.25, -0.2) is 4.79 Å². The van der Waals surface area contributed by atoms with Gasteiger partial charge >= 0.3 is 6.09 Å². The van der Waals surface area contributed by atoms with Gasteiger partial charge < -0.3 is 10.1 Å². The first-order chi connectivity index (χ1) is 11.6. The second-order valence-corrected chi connectivity index (χ2v) is 6.68. The van der Waals surface area contributed by atoms with E-state index in [1.54, 1.807) is 39.0 Å². The van der Waals surface area contributed by atoms with Crippen molar-refractivity contribution in [3.8, 4) is 0 Å². The Morgan fingerprint density at radius 2 is 1.96 bits per heavy atom. The van der Waals surface area contributed by atoms with Gasteiger partial charge in [-0.2, -0.15) is 0 Å². The highest BCUT2D eigenvalue weighted by Gasteiger charge is 2.28. The van der Waals surface area contributed by atoms with Gasteiger partial charge in [0.15, 0.2) is 0 Å². The summed E-state index contributed by atoms with van der Waals surface area (Å²) in [6, 6.07) is 5.50. The Hall–Kier alpha value is -2.90. The Labute approximate surface area is 145 Å². The molecule has 134 valence electrons. The molecule has 4 amide bonds. The van der Waals surface area contributed by atoms with Crippen molar-refractivity contribution in [3.05, 3.63) is 29.8 Å².